The minimum Gasteiger partial charge on any atom is -0.497 e. The van der Waals surface area contributed by atoms with E-state index in [-0.39, 0.29) is 17.2 Å². The summed E-state index contributed by atoms with van der Waals surface area (Å²) in [6.07, 6.45) is 0. The number of ether oxygens (including phenoxy) is 3. The van der Waals surface area contributed by atoms with E-state index in [9.17, 15) is 4.79 Å². The summed E-state index contributed by atoms with van der Waals surface area (Å²) in [7, 11) is 3.26. The molecule has 2 aromatic rings. The van der Waals surface area contributed by atoms with E-state index in [0.29, 0.717) is 6.61 Å². The fourth-order valence-corrected chi connectivity index (χ4v) is 3.08. The van der Waals surface area contributed by atoms with Gasteiger partial charge in [-0.2, -0.15) is 0 Å². The van der Waals surface area contributed by atoms with Gasteiger partial charge in [0.1, 0.15) is 23.9 Å². The van der Waals surface area contributed by atoms with Crippen molar-refractivity contribution in [3.63, 3.8) is 0 Å². The second kappa shape index (κ2) is 9.97. The van der Waals surface area contributed by atoms with Crippen LogP contribution in [0.1, 0.15) is 13.8 Å². The molecule has 1 N–H and O–H groups in total. The van der Waals surface area contributed by atoms with Crippen molar-refractivity contribution in [1.82, 2.24) is 5.32 Å². The van der Waals surface area contributed by atoms with Gasteiger partial charge in [-0.05, 0) is 62.4 Å². The number of amides is 1. The molecule has 26 heavy (non-hydrogen) atoms. The maximum absolute atomic E-state index is 12.3. The molecule has 0 heterocycles. The minimum absolute atomic E-state index is 0.0170. The molecule has 0 fully saturated rings. The zero-order valence-corrected chi connectivity index (χ0v) is 16.3. The molecular weight excluding hydrogens is 350 g/mol. The Morgan fingerprint density at radius 2 is 1.42 bits per heavy atom. The molecule has 2 atom stereocenters. The lowest BCUT2D eigenvalue weighted by Crippen LogP contribution is -2.40. The number of carbonyl (C=O) groups is 1. The summed E-state index contributed by atoms with van der Waals surface area (Å²) in [5, 5.41) is 2.78. The van der Waals surface area contributed by atoms with Crippen molar-refractivity contribution in [3.8, 4) is 17.2 Å². The van der Waals surface area contributed by atoms with Crippen LogP contribution in [0.4, 0.5) is 0 Å². The van der Waals surface area contributed by atoms with Crippen molar-refractivity contribution in [2.75, 3.05) is 20.8 Å². The van der Waals surface area contributed by atoms with Gasteiger partial charge >= 0.3 is 0 Å². The fourth-order valence-electron chi connectivity index (χ4n) is 2.21. The van der Waals surface area contributed by atoms with Gasteiger partial charge in [-0.25, -0.2) is 0 Å². The summed E-state index contributed by atoms with van der Waals surface area (Å²) in [6.45, 7) is 4.21. The number of methoxy groups -OCH3 is 2. The zero-order valence-electron chi connectivity index (χ0n) is 15.5. The molecule has 0 saturated carbocycles. The quantitative estimate of drug-likeness (QED) is 0.676. The largest absolute Gasteiger partial charge is 0.497 e. The number of thioether (sulfide) groups is 1. The second-order valence-corrected chi connectivity index (χ2v) is 7.25. The molecule has 5 nitrogen and oxygen atoms in total. The number of rotatable bonds is 9. The Morgan fingerprint density at radius 1 is 0.923 bits per heavy atom. The van der Waals surface area contributed by atoms with E-state index in [1.54, 1.807) is 14.2 Å². The van der Waals surface area contributed by atoms with Gasteiger partial charge in [-0.15, -0.1) is 11.8 Å². The monoisotopic (exact) mass is 375 g/mol. The molecule has 2 aromatic carbocycles. The first-order chi connectivity index (χ1) is 12.5. The van der Waals surface area contributed by atoms with E-state index < -0.39 is 0 Å². The lowest BCUT2D eigenvalue weighted by atomic mass is 10.3. The van der Waals surface area contributed by atoms with Gasteiger partial charge in [-0.1, -0.05) is 0 Å². The normalized spacial score (nSPS) is 12.8. The molecule has 0 bridgehead atoms. The van der Waals surface area contributed by atoms with E-state index in [4.69, 9.17) is 14.2 Å². The van der Waals surface area contributed by atoms with Crippen LogP contribution < -0.4 is 19.5 Å². The van der Waals surface area contributed by atoms with Crippen LogP contribution in [0.3, 0.4) is 0 Å². The first-order valence-electron chi connectivity index (χ1n) is 8.39. The van der Waals surface area contributed by atoms with Crippen LogP contribution in [0.5, 0.6) is 17.2 Å². The van der Waals surface area contributed by atoms with Crippen LogP contribution in [0, 0.1) is 0 Å². The highest BCUT2D eigenvalue weighted by Crippen LogP contribution is 2.25. The summed E-state index contributed by atoms with van der Waals surface area (Å²) >= 11 is 1.51. The summed E-state index contributed by atoms with van der Waals surface area (Å²) in [4.78, 5) is 13.4. The third-order valence-corrected chi connectivity index (χ3v) is 4.80. The highest BCUT2D eigenvalue weighted by molar-refractivity contribution is 8.00. The van der Waals surface area contributed by atoms with Gasteiger partial charge in [0.2, 0.25) is 5.91 Å². The van der Waals surface area contributed by atoms with E-state index in [2.05, 4.69) is 5.32 Å². The number of benzene rings is 2. The van der Waals surface area contributed by atoms with Crippen LogP contribution in [0.25, 0.3) is 0 Å². The Balaban J connectivity index is 1.77. The molecule has 0 spiro atoms. The summed E-state index contributed by atoms with van der Waals surface area (Å²) in [5.41, 5.74) is 0. The lowest BCUT2D eigenvalue weighted by Gasteiger charge is -2.18. The minimum atomic E-state index is -0.202. The van der Waals surface area contributed by atoms with Crippen molar-refractivity contribution in [2.24, 2.45) is 0 Å². The highest BCUT2D eigenvalue weighted by Gasteiger charge is 2.17. The molecule has 0 unspecified atom stereocenters. The van der Waals surface area contributed by atoms with Crippen LogP contribution in [0.2, 0.25) is 0 Å². The number of carbonyl (C=O) groups excluding carboxylic acids is 1. The summed E-state index contributed by atoms with van der Waals surface area (Å²) in [5.74, 6) is 2.31. The topological polar surface area (TPSA) is 56.8 Å². The van der Waals surface area contributed by atoms with E-state index in [1.807, 2.05) is 62.4 Å². The van der Waals surface area contributed by atoms with Gasteiger partial charge < -0.3 is 19.5 Å². The maximum Gasteiger partial charge on any atom is 0.233 e. The predicted octanol–water partition coefficient (Wildman–Crippen LogP) is 3.77. The van der Waals surface area contributed by atoms with Crippen molar-refractivity contribution in [3.05, 3.63) is 48.5 Å². The van der Waals surface area contributed by atoms with Crippen molar-refractivity contribution < 1.29 is 19.0 Å². The lowest BCUT2D eigenvalue weighted by molar-refractivity contribution is -0.121. The van der Waals surface area contributed by atoms with Gasteiger partial charge in [0.25, 0.3) is 0 Å². The molecule has 0 aliphatic carbocycles. The summed E-state index contributed by atoms with van der Waals surface area (Å²) in [6, 6.07) is 14.9. The molecule has 2 rings (SSSR count). The van der Waals surface area contributed by atoms with Gasteiger partial charge in [0.15, 0.2) is 0 Å². The van der Waals surface area contributed by atoms with Crippen LogP contribution >= 0.6 is 11.8 Å². The summed E-state index contributed by atoms with van der Waals surface area (Å²) < 4.78 is 16.0. The molecule has 1 amide bonds. The average Bonchev–Trinajstić information content (AvgIpc) is 2.67. The highest BCUT2D eigenvalue weighted by atomic mass is 32.2. The third kappa shape index (κ3) is 6.19. The molecule has 0 aromatic heterocycles. The zero-order chi connectivity index (χ0) is 18.9. The smallest absolute Gasteiger partial charge is 0.233 e. The Hall–Kier alpha value is -2.34. The standard InChI is InChI=1S/C20H25NO4S/c1-14(13-25-18-7-5-16(23-3)6-8-18)21-20(22)15(2)26-19-11-9-17(24-4)10-12-19/h5-12,14-15H,13H2,1-4H3,(H,21,22)/t14-,15+/m0/s1. The molecule has 6 heteroatoms. The van der Waals surface area contributed by atoms with E-state index >= 15 is 0 Å². The Kier molecular flexibility index (Phi) is 7.66. The Morgan fingerprint density at radius 3 is 1.96 bits per heavy atom. The third-order valence-electron chi connectivity index (χ3n) is 3.69. The van der Waals surface area contributed by atoms with Crippen LogP contribution in [0.15, 0.2) is 53.4 Å². The number of hydrogen-bond donors (Lipinski definition) is 1. The SMILES string of the molecule is COc1ccc(OC[C@H](C)NC(=O)[C@@H](C)Sc2ccc(OC)cc2)cc1. The molecule has 140 valence electrons. The van der Waals surface area contributed by atoms with E-state index in [1.165, 1.54) is 11.8 Å². The fraction of sp³-hybridized carbons (Fsp3) is 0.350. The molecule has 0 saturated heterocycles. The first-order valence-corrected chi connectivity index (χ1v) is 9.27. The number of hydrogen-bond acceptors (Lipinski definition) is 5. The molecule has 0 radical (unpaired) electrons. The Bertz CT molecular complexity index is 688. The number of nitrogens with one attached hydrogen (secondary N) is 1. The first kappa shape index (κ1) is 20.0. The van der Waals surface area contributed by atoms with Gasteiger partial charge in [0, 0.05) is 4.90 Å². The second-order valence-electron chi connectivity index (χ2n) is 5.83. The molecule has 0 aliphatic rings. The predicted molar refractivity (Wildman–Crippen MR) is 104 cm³/mol. The molecule has 0 aliphatic heterocycles. The van der Waals surface area contributed by atoms with E-state index in [0.717, 1.165) is 22.1 Å². The van der Waals surface area contributed by atoms with Crippen molar-refractivity contribution >= 4 is 17.7 Å². The van der Waals surface area contributed by atoms with Crippen molar-refractivity contribution in [2.45, 2.75) is 30.0 Å². The maximum atomic E-state index is 12.3. The van der Waals surface area contributed by atoms with Gasteiger partial charge in [0.05, 0.1) is 25.5 Å². The average molecular weight is 375 g/mol. The van der Waals surface area contributed by atoms with Crippen LogP contribution in [-0.4, -0.2) is 38.0 Å². The van der Waals surface area contributed by atoms with Crippen molar-refractivity contribution in [1.29, 1.82) is 0 Å². The van der Waals surface area contributed by atoms with Crippen LogP contribution in [-0.2, 0) is 4.79 Å². The molecular formula is C20H25NO4S. The Labute approximate surface area is 159 Å². The van der Waals surface area contributed by atoms with Gasteiger partial charge in [-0.3, -0.25) is 4.79 Å².